The van der Waals surface area contributed by atoms with Gasteiger partial charge in [-0.25, -0.2) is 5.48 Å². The average Bonchev–Trinajstić information content (AvgIpc) is 2.75. The van der Waals surface area contributed by atoms with Crippen LogP contribution < -0.4 is 21.3 Å². The predicted molar refractivity (Wildman–Crippen MR) is 108 cm³/mol. The lowest BCUT2D eigenvalue weighted by molar-refractivity contribution is -0.131. The minimum absolute atomic E-state index is 0.330. The second-order valence-electron chi connectivity index (χ2n) is 6.09. The quantitative estimate of drug-likeness (QED) is 0.346. The number of rotatable bonds is 5. The molecule has 0 fully saturated rings. The first-order valence-corrected chi connectivity index (χ1v) is 8.71. The van der Waals surface area contributed by atoms with Crippen LogP contribution in [0.2, 0.25) is 0 Å². The van der Waals surface area contributed by atoms with Gasteiger partial charge in [-0.15, -0.1) is 0 Å². The Labute approximate surface area is 169 Å². The van der Waals surface area contributed by atoms with Crippen molar-refractivity contribution in [1.29, 1.82) is 0 Å². The highest BCUT2D eigenvalue weighted by Crippen LogP contribution is 2.10. The normalized spacial score (nSPS) is 11.6. The molecular weight excluding hydrogens is 370 g/mol. The van der Waals surface area contributed by atoms with E-state index in [2.05, 4.69) is 29.0 Å². The zero-order valence-corrected chi connectivity index (χ0v) is 16.0. The van der Waals surface area contributed by atoms with Gasteiger partial charge < -0.3 is 15.8 Å². The molecule has 0 bridgehead atoms. The maximum absolute atomic E-state index is 12.3. The van der Waals surface area contributed by atoms with E-state index in [9.17, 15) is 9.59 Å². The molecule has 2 rings (SSSR count). The van der Waals surface area contributed by atoms with Gasteiger partial charge in [0.05, 0.1) is 7.11 Å². The summed E-state index contributed by atoms with van der Waals surface area (Å²) in [5.74, 6) is 10.8. The summed E-state index contributed by atoms with van der Waals surface area (Å²) < 4.78 is 5.09. The van der Waals surface area contributed by atoms with E-state index < -0.39 is 23.9 Å². The number of hydroxylamine groups is 1. The number of ether oxygens (including phenoxy) is 1. The maximum Gasteiger partial charge on any atom is 0.267 e. The molecule has 2 aromatic carbocycles. The van der Waals surface area contributed by atoms with Crippen molar-refractivity contribution < 1.29 is 19.5 Å². The van der Waals surface area contributed by atoms with E-state index in [1.54, 1.807) is 38.3 Å². The van der Waals surface area contributed by atoms with Crippen molar-refractivity contribution in [1.82, 2.24) is 10.8 Å². The molecule has 2 amide bonds. The van der Waals surface area contributed by atoms with Gasteiger partial charge in [0.25, 0.3) is 11.8 Å². The topological polar surface area (TPSA) is 114 Å². The molecule has 0 aliphatic carbocycles. The van der Waals surface area contributed by atoms with Gasteiger partial charge in [0.1, 0.15) is 11.8 Å². The van der Waals surface area contributed by atoms with Crippen molar-refractivity contribution in [3.05, 3.63) is 65.2 Å². The Morgan fingerprint density at radius 1 is 1.00 bits per heavy atom. The van der Waals surface area contributed by atoms with E-state index >= 15 is 0 Å². The fourth-order valence-corrected chi connectivity index (χ4v) is 2.32. The smallest absolute Gasteiger partial charge is 0.267 e. The van der Waals surface area contributed by atoms with Crippen LogP contribution in [0.15, 0.2) is 48.5 Å². The minimum Gasteiger partial charge on any atom is -0.497 e. The molecule has 0 aromatic heterocycles. The monoisotopic (exact) mass is 391 g/mol. The van der Waals surface area contributed by atoms with E-state index in [0.29, 0.717) is 11.1 Å². The van der Waals surface area contributed by atoms with Crippen molar-refractivity contribution in [2.24, 2.45) is 5.73 Å². The van der Waals surface area contributed by atoms with E-state index in [-0.39, 0.29) is 0 Å². The Balaban J connectivity index is 2.02. The van der Waals surface area contributed by atoms with E-state index in [1.807, 2.05) is 24.3 Å². The Bertz CT molecular complexity index is 975. The number of carbonyl (C=O) groups excluding carboxylic acids is 2. The van der Waals surface area contributed by atoms with Crippen molar-refractivity contribution in [3.8, 4) is 29.4 Å². The average molecular weight is 391 g/mol. The van der Waals surface area contributed by atoms with E-state index in [1.165, 1.54) is 5.48 Å². The number of benzene rings is 2. The van der Waals surface area contributed by atoms with Crippen LogP contribution in [0.3, 0.4) is 0 Å². The van der Waals surface area contributed by atoms with Gasteiger partial charge in [0.2, 0.25) is 0 Å². The summed E-state index contributed by atoms with van der Waals surface area (Å²) in [6.07, 6.45) is 0. The SMILES string of the molecule is COc1ccc(C#CC#Cc2ccc(C(=O)N[C@H](C(=O)NO)[C@@H](C)N)cc2)cc1. The minimum atomic E-state index is -1.06. The van der Waals surface area contributed by atoms with Crippen molar-refractivity contribution in [2.75, 3.05) is 7.11 Å². The molecule has 7 heteroatoms. The summed E-state index contributed by atoms with van der Waals surface area (Å²) in [6, 6.07) is 12.1. The standard InChI is InChI=1S/C22H21N3O4/c1-15(23)20(22(27)25-28)24-21(26)18-11-7-16(8-12-18)5-3-4-6-17-9-13-19(29-2)14-10-17/h7-15,20,28H,23H2,1-2H3,(H,24,26)(H,25,27)/t15-,20+/m1/s1. The Kier molecular flexibility index (Phi) is 7.81. The number of nitrogens with two attached hydrogens (primary N) is 1. The molecule has 148 valence electrons. The summed E-state index contributed by atoms with van der Waals surface area (Å²) in [6.45, 7) is 1.55. The lowest BCUT2D eigenvalue weighted by Crippen LogP contribution is -2.54. The largest absolute Gasteiger partial charge is 0.497 e. The van der Waals surface area contributed by atoms with E-state index in [4.69, 9.17) is 15.7 Å². The molecule has 0 saturated heterocycles. The molecule has 0 aliphatic rings. The van der Waals surface area contributed by atoms with Crippen LogP contribution in [0, 0.1) is 23.7 Å². The van der Waals surface area contributed by atoms with Crippen LogP contribution in [-0.4, -0.2) is 36.2 Å². The van der Waals surface area contributed by atoms with Crippen molar-refractivity contribution >= 4 is 11.8 Å². The first-order chi connectivity index (χ1) is 13.9. The van der Waals surface area contributed by atoms with Gasteiger partial charge in [-0.1, -0.05) is 11.8 Å². The molecule has 0 saturated carbocycles. The summed E-state index contributed by atoms with van der Waals surface area (Å²) in [5.41, 5.74) is 8.99. The number of amides is 2. The summed E-state index contributed by atoms with van der Waals surface area (Å²) in [5, 5.41) is 11.2. The number of carbonyl (C=O) groups is 2. The summed E-state index contributed by atoms with van der Waals surface area (Å²) in [7, 11) is 1.60. The number of methoxy groups -OCH3 is 1. The van der Waals surface area contributed by atoms with Crippen LogP contribution in [0.1, 0.15) is 28.4 Å². The summed E-state index contributed by atoms with van der Waals surface area (Å²) >= 11 is 0. The third kappa shape index (κ3) is 6.40. The molecule has 5 N–H and O–H groups in total. The van der Waals surface area contributed by atoms with E-state index in [0.717, 1.165) is 11.3 Å². The highest BCUT2D eigenvalue weighted by Gasteiger charge is 2.24. The second-order valence-corrected chi connectivity index (χ2v) is 6.09. The molecule has 0 radical (unpaired) electrons. The van der Waals surface area contributed by atoms with Gasteiger partial charge in [-0.3, -0.25) is 14.8 Å². The van der Waals surface area contributed by atoms with Crippen LogP contribution in [0.4, 0.5) is 0 Å². The van der Waals surface area contributed by atoms with Gasteiger partial charge in [0.15, 0.2) is 0 Å². The molecular formula is C22H21N3O4. The molecule has 7 nitrogen and oxygen atoms in total. The third-order valence-corrected chi connectivity index (χ3v) is 3.92. The first kappa shape index (κ1) is 21.5. The molecule has 0 spiro atoms. The highest BCUT2D eigenvalue weighted by molar-refractivity contribution is 5.97. The van der Waals surface area contributed by atoms with Crippen LogP contribution in [0.5, 0.6) is 5.75 Å². The first-order valence-electron chi connectivity index (χ1n) is 8.71. The van der Waals surface area contributed by atoms with Crippen molar-refractivity contribution in [3.63, 3.8) is 0 Å². The van der Waals surface area contributed by atoms with Crippen LogP contribution >= 0.6 is 0 Å². The third-order valence-electron chi connectivity index (χ3n) is 3.92. The van der Waals surface area contributed by atoms with Crippen molar-refractivity contribution in [2.45, 2.75) is 19.0 Å². The Morgan fingerprint density at radius 3 is 1.97 bits per heavy atom. The highest BCUT2D eigenvalue weighted by atomic mass is 16.5. The maximum atomic E-state index is 12.3. The Morgan fingerprint density at radius 2 is 1.52 bits per heavy atom. The van der Waals surface area contributed by atoms with Crippen LogP contribution in [-0.2, 0) is 4.79 Å². The summed E-state index contributed by atoms with van der Waals surface area (Å²) in [4.78, 5) is 23.8. The molecule has 0 unspecified atom stereocenters. The van der Waals surface area contributed by atoms with Gasteiger partial charge in [-0.2, -0.15) is 0 Å². The molecule has 2 atom stereocenters. The molecule has 2 aromatic rings. The fourth-order valence-electron chi connectivity index (χ4n) is 2.32. The second kappa shape index (κ2) is 10.5. The molecule has 29 heavy (non-hydrogen) atoms. The fraction of sp³-hybridized carbons (Fsp3) is 0.182. The Hall–Kier alpha value is -3.78. The lowest BCUT2D eigenvalue weighted by atomic mass is 10.1. The zero-order valence-electron chi connectivity index (χ0n) is 16.0. The zero-order chi connectivity index (χ0) is 21.2. The van der Waals surface area contributed by atoms with Gasteiger partial charge >= 0.3 is 0 Å². The van der Waals surface area contributed by atoms with Gasteiger partial charge in [0, 0.05) is 22.7 Å². The number of hydrogen-bond donors (Lipinski definition) is 4. The number of hydrogen-bond acceptors (Lipinski definition) is 5. The molecule has 0 heterocycles. The predicted octanol–water partition coefficient (Wildman–Crippen LogP) is 1.05. The number of nitrogens with one attached hydrogen (secondary N) is 2. The molecule has 0 aliphatic heterocycles. The van der Waals surface area contributed by atoms with Gasteiger partial charge in [-0.05, 0) is 67.3 Å². The lowest BCUT2D eigenvalue weighted by Gasteiger charge is -2.19. The van der Waals surface area contributed by atoms with Crippen LogP contribution in [0.25, 0.3) is 0 Å².